The van der Waals surface area contributed by atoms with Crippen LogP contribution in [0.15, 0.2) is 18.2 Å². The molecule has 0 saturated heterocycles. The molecule has 2 unspecified atom stereocenters. The predicted molar refractivity (Wildman–Crippen MR) is 74.2 cm³/mol. The van der Waals surface area contributed by atoms with Crippen LogP contribution < -0.4 is 10.1 Å². The predicted octanol–water partition coefficient (Wildman–Crippen LogP) is 3.84. The Kier molecular flexibility index (Phi) is 5.29. The van der Waals surface area contributed by atoms with Gasteiger partial charge in [-0.05, 0) is 30.5 Å². The highest BCUT2D eigenvalue weighted by Crippen LogP contribution is 2.29. The van der Waals surface area contributed by atoms with Gasteiger partial charge < -0.3 is 10.1 Å². The van der Waals surface area contributed by atoms with E-state index in [1.54, 1.807) is 7.11 Å². The molecular weight excluding hydrogens is 234 g/mol. The highest BCUT2D eigenvalue weighted by Gasteiger charge is 2.16. The van der Waals surface area contributed by atoms with Gasteiger partial charge in [-0.3, -0.25) is 0 Å². The van der Waals surface area contributed by atoms with Gasteiger partial charge in [0.05, 0.1) is 12.1 Å². The van der Waals surface area contributed by atoms with Crippen molar-refractivity contribution in [2.24, 2.45) is 0 Å². The molecule has 1 rings (SSSR count). The highest BCUT2D eigenvalue weighted by atomic mass is 35.5. The summed E-state index contributed by atoms with van der Waals surface area (Å²) in [4.78, 5) is 0. The van der Waals surface area contributed by atoms with Crippen LogP contribution in [0.3, 0.4) is 0 Å². The Balaban J connectivity index is 2.84. The summed E-state index contributed by atoms with van der Waals surface area (Å²) in [6.45, 7) is 8.73. The number of rotatable bonds is 5. The SMILES string of the molecule is COc1cc(C(C)C(C)NC(C)C)ccc1Cl. The molecular formula is C14H22ClNO. The average Bonchev–Trinajstić information content (AvgIpc) is 2.27. The van der Waals surface area contributed by atoms with Crippen LogP contribution in [0.1, 0.15) is 39.2 Å². The molecule has 0 saturated carbocycles. The molecule has 1 aromatic carbocycles. The number of hydrogen-bond acceptors (Lipinski definition) is 2. The van der Waals surface area contributed by atoms with Gasteiger partial charge in [-0.2, -0.15) is 0 Å². The van der Waals surface area contributed by atoms with E-state index >= 15 is 0 Å². The molecule has 0 bridgehead atoms. The summed E-state index contributed by atoms with van der Waals surface area (Å²) in [5, 5.41) is 4.18. The van der Waals surface area contributed by atoms with Crippen LogP contribution in [0.25, 0.3) is 0 Å². The molecule has 0 aliphatic carbocycles. The Morgan fingerprint density at radius 1 is 1.18 bits per heavy atom. The first-order chi connectivity index (χ1) is 7.95. The second-order valence-electron chi connectivity index (χ2n) is 4.79. The molecule has 0 aliphatic rings. The van der Waals surface area contributed by atoms with Crippen molar-refractivity contribution in [2.75, 3.05) is 7.11 Å². The quantitative estimate of drug-likeness (QED) is 0.863. The van der Waals surface area contributed by atoms with Gasteiger partial charge in [0.1, 0.15) is 5.75 Å². The van der Waals surface area contributed by atoms with Crippen molar-refractivity contribution in [2.45, 2.75) is 45.7 Å². The maximum Gasteiger partial charge on any atom is 0.137 e. The minimum absolute atomic E-state index is 0.417. The fraction of sp³-hybridized carbons (Fsp3) is 0.571. The zero-order valence-electron chi connectivity index (χ0n) is 11.3. The number of methoxy groups -OCH3 is 1. The van der Waals surface area contributed by atoms with Crippen LogP contribution in [0, 0.1) is 0 Å². The van der Waals surface area contributed by atoms with Crippen molar-refractivity contribution in [1.29, 1.82) is 0 Å². The van der Waals surface area contributed by atoms with Gasteiger partial charge in [0.25, 0.3) is 0 Å². The minimum Gasteiger partial charge on any atom is -0.495 e. The fourth-order valence-corrected chi connectivity index (χ4v) is 2.11. The van der Waals surface area contributed by atoms with Gasteiger partial charge in [0, 0.05) is 12.1 Å². The van der Waals surface area contributed by atoms with Gasteiger partial charge in [-0.15, -0.1) is 0 Å². The lowest BCUT2D eigenvalue weighted by Crippen LogP contribution is -2.36. The molecule has 0 aliphatic heterocycles. The zero-order chi connectivity index (χ0) is 13.0. The summed E-state index contributed by atoms with van der Waals surface area (Å²) in [6, 6.07) is 6.89. The Morgan fingerprint density at radius 3 is 2.35 bits per heavy atom. The first-order valence-corrected chi connectivity index (χ1v) is 6.43. The summed E-state index contributed by atoms with van der Waals surface area (Å²) in [6.07, 6.45) is 0. The monoisotopic (exact) mass is 255 g/mol. The molecule has 0 fully saturated rings. The smallest absolute Gasteiger partial charge is 0.137 e. The van der Waals surface area contributed by atoms with E-state index < -0.39 is 0 Å². The van der Waals surface area contributed by atoms with E-state index in [0.29, 0.717) is 23.0 Å². The molecule has 0 aromatic heterocycles. The van der Waals surface area contributed by atoms with Crippen molar-refractivity contribution >= 4 is 11.6 Å². The maximum absolute atomic E-state index is 6.02. The molecule has 17 heavy (non-hydrogen) atoms. The summed E-state index contributed by atoms with van der Waals surface area (Å²) in [5.74, 6) is 1.16. The molecule has 1 N–H and O–H groups in total. The Morgan fingerprint density at radius 2 is 1.82 bits per heavy atom. The summed E-state index contributed by atoms with van der Waals surface area (Å²) < 4.78 is 5.24. The van der Waals surface area contributed by atoms with Crippen LogP contribution in [-0.4, -0.2) is 19.2 Å². The summed E-state index contributed by atoms with van der Waals surface area (Å²) >= 11 is 6.02. The van der Waals surface area contributed by atoms with E-state index in [2.05, 4.69) is 39.1 Å². The third-order valence-electron chi connectivity index (χ3n) is 3.05. The third kappa shape index (κ3) is 3.90. The number of benzene rings is 1. The average molecular weight is 256 g/mol. The van der Waals surface area contributed by atoms with E-state index in [1.807, 2.05) is 12.1 Å². The van der Waals surface area contributed by atoms with Crippen LogP contribution in [-0.2, 0) is 0 Å². The van der Waals surface area contributed by atoms with Crippen LogP contribution in [0.2, 0.25) is 5.02 Å². The lowest BCUT2D eigenvalue weighted by Gasteiger charge is -2.24. The number of ether oxygens (including phenoxy) is 1. The lowest BCUT2D eigenvalue weighted by molar-refractivity contribution is 0.410. The first-order valence-electron chi connectivity index (χ1n) is 6.05. The molecule has 2 nitrogen and oxygen atoms in total. The molecule has 0 spiro atoms. The molecule has 96 valence electrons. The summed E-state index contributed by atoms with van der Waals surface area (Å²) in [7, 11) is 1.64. The first kappa shape index (κ1) is 14.3. The van der Waals surface area contributed by atoms with E-state index in [1.165, 1.54) is 5.56 Å². The second-order valence-corrected chi connectivity index (χ2v) is 5.20. The van der Waals surface area contributed by atoms with E-state index in [-0.39, 0.29) is 0 Å². The van der Waals surface area contributed by atoms with Gasteiger partial charge in [-0.25, -0.2) is 0 Å². The lowest BCUT2D eigenvalue weighted by atomic mass is 9.94. The van der Waals surface area contributed by atoms with E-state index in [9.17, 15) is 0 Å². The Hall–Kier alpha value is -0.730. The molecule has 1 aromatic rings. The Labute approximate surface area is 109 Å². The van der Waals surface area contributed by atoms with Crippen LogP contribution in [0.5, 0.6) is 5.75 Å². The van der Waals surface area contributed by atoms with Gasteiger partial charge in [0.2, 0.25) is 0 Å². The largest absolute Gasteiger partial charge is 0.495 e. The van der Waals surface area contributed by atoms with Crippen molar-refractivity contribution in [3.63, 3.8) is 0 Å². The molecule has 0 amide bonds. The van der Waals surface area contributed by atoms with Crippen LogP contribution in [0.4, 0.5) is 0 Å². The zero-order valence-corrected chi connectivity index (χ0v) is 12.0. The number of nitrogens with one attached hydrogen (secondary N) is 1. The van der Waals surface area contributed by atoms with E-state index in [4.69, 9.17) is 16.3 Å². The molecule has 2 atom stereocenters. The van der Waals surface area contributed by atoms with E-state index in [0.717, 1.165) is 5.75 Å². The standard InChI is InChI=1S/C14H22ClNO/c1-9(2)16-11(4)10(3)12-6-7-13(15)14(8-12)17-5/h6-11,16H,1-5H3. The number of halogens is 1. The fourth-order valence-electron chi connectivity index (χ4n) is 1.92. The maximum atomic E-state index is 6.02. The molecule has 0 heterocycles. The molecule has 0 radical (unpaired) electrons. The highest BCUT2D eigenvalue weighted by molar-refractivity contribution is 6.32. The normalized spacial score (nSPS) is 14.8. The Bertz CT molecular complexity index is 365. The van der Waals surface area contributed by atoms with Crippen molar-refractivity contribution in [1.82, 2.24) is 5.32 Å². The topological polar surface area (TPSA) is 21.3 Å². The summed E-state index contributed by atoms with van der Waals surface area (Å²) in [5.41, 5.74) is 1.24. The number of hydrogen-bond donors (Lipinski definition) is 1. The van der Waals surface area contributed by atoms with Gasteiger partial charge in [0.15, 0.2) is 0 Å². The molecule has 3 heteroatoms. The van der Waals surface area contributed by atoms with Crippen LogP contribution >= 0.6 is 11.6 Å². The van der Waals surface area contributed by atoms with Gasteiger partial charge >= 0.3 is 0 Å². The van der Waals surface area contributed by atoms with Gasteiger partial charge in [-0.1, -0.05) is 38.4 Å². The third-order valence-corrected chi connectivity index (χ3v) is 3.36. The second kappa shape index (κ2) is 6.27. The van der Waals surface area contributed by atoms with Crippen molar-refractivity contribution < 1.29 is 4.74 Å². The minimum atomic E-state index is 0.417. The van der Waals surface area contributed by atoms with Crippen molar-refractivity contribution in [3.05, 3.63) is 28.8 Å². The van der Waals surface area contributed by atoms with Crippen molar-refractivity contribution in [3.8, 4) is 5.75 Å².